The second-order valence-electron chi connectivity index (χ2n) is 6.28. The average molecular weight is 693 g/mol. The summed E-state index contributed by atoms with van der Waals surface area (Å²) in [5.41, 5.74) is 1.63. The Morgan fingerprint density at radius 3 is 1.90 bits per heavy atom. The summed E-state index contributed by atoms with van der Waals surface area (Å²) >= 11 is 7.68. The fraction of sp³-hybridized carbons (Fsp3) is 0.0455. The van der Waals surface area contributed by atoms with Gasteiger partial charge in [0, 0.05) is 17.2 Å². The van der Waals surface area contributed by atoms with E-state index in [0.717, 1.165) is 11.6 Å². The van der Waals surface area contributed by atoms with Crippen molar-refractivity contribution in [3.8, 4) is 0 Å². The number of carbonyl (C=O) groups excluding carboxylic acids is 1. The largest absolute Gasteiger partial charge is 0.288 e. The lowest BCUT2D eigenvalue weighted by Gasteiger charge is -2.10. The zero-order valence-corrected chi connectivity index (χ0v) is 21.7. The van der Waals surface area contributed by atoms with Gasteiger partial charge < -0.3 is 0 Å². The highest BCUT2D eigenvalue weighted by atomic mass is 127. The molecule has 0 saturated heterocycles. The highest BCUT2D eigenvalue weighted by molar-refractivity contribution is 14.1. The molecule has 0 spiro atoms. The first kappa shape index (κ1) is 22.6. The predicted molar refractivity (Wildman–Crippen MR) is 137 cm³/mol. The fourth-order valence-corrected chi connectivity index (χ4v) is 5.11. The molecule has 0 unspecified atom stereocenters. The lowest BCUT2D eigenvalue weighted by molar-refractivity contribution is 0.104. The van der Waals surface area contributed by atoms with Crippen LogP contribution in [0.2, 0.25) is 0 Å². The van der Waals surface area contributed by atoms with Crippen molar-refractivity contribution in [1.29, 1.82) is 0 Å². The van der Waals surface area contributed by atoms with E-state index in [-0.39, 0.29) is 10.7 Å². The topological polar surface area (TPSA) is 51.2 Å². The molecule has 0 aliphatic carbocycles. The normalized spacial score (nSPS) is 12.0. The Morgan fingerprint density at radius 2 is 1.34 bits per heavy atom. The van der Waals surface area contributed by atoms with E-state index in [2.05, 4.69) is 61.1 Å². The molecule has 148 valence electrons. The third-order valence-electron chi connectivity index (χ3n) is 4.10. The number of benzene rings is 3. The van der Waals surface area contributed by atoms with Crippen LogP contribution in [0.1, 0.15) is 21.5 Å². The van der Waals surface area contributed by atoms with E-state index in [1.807, 2.05) is 24.3 Å². The van der Waals surface area contributed by atoms with Crippen LogP contribution in [0, 0.1) is 7.14 Å². The molecular weight excluding hydrogens is 678 g/mol. The van der Waals surface area contributed by atoms with E-state index >= 15 is 0 Å². The molecule has 3 aromatic carbocycles. The Hall–Kier alpha value is -1.04. The van der Waals surface area contributed by atoms with Gasteiger partial charge in [-0.2, -0.15) is 0 Å². The van der Waals surface area contributed by atoms with Gasteiger partial charge in [0.2, 0.25) is 5.78 Å². The smallest absolute Gasteiger partial charge is 0.204 e. The maximum atomic E-state index is 13.2. The maximum absolute atomic E-state index is 13.2. The number of ketones is 1. The summed E-state index contributed by atoms with van der Waals surface area (Å²) in [5.74, 6) is -0.739. The quantitative estimate of drug-likeness (QED) is 0.169. The van der Waals surface area contributed by atoms with Gasteiger partial charge in [0.15, 0.2) is 9.84 Å². The highest BCUT2D eigenvalue weighted by Crippen LogP contribution is 2.24. The number of hydrogen-bond acceptors (Lipinski definition) is 3. The van der Waals surface area contributed by atoms with Gasteiger partial charge in [-0.25, -0.2) is 8.42 Å². The van der Waals surface area contributed by atoms with Crippen LogP contribution in [0.3, 0.4) is 0 Å². The molecule has 3 aromatic rings. The van der Waals surface area contributed by atoms with Crippen LogP contribution >= 0.6 is 61.1 Å². The zero-order valence-electron chi connectivity index (χ0n) is 15.0. The van der Waals surface area contributed by atoms with Crippen molar-refractivity contribution in [2.75, 3.05) is 0 Å². The minimum atomic E-state index is -3.86. The van der Waals surface area contributed by atoms with Gasteiger partial charge in [-0.15, -0.1) is 0 Å². The molecule has 0 bridgehead atoms. The number of allylic oxidation sites excluding steroid dienone is 1. The zero-order chi connectivity index (χ0) is 21.0. The number of sulfone groups is 1. The van der Waals surface area contributed by atoms with Crippen molar-refractivity contribution in [2.45, 2.75) is 5.75 Å². The molecule has 0 N–H and O–H groups in total. The Bertz CT molecular complexity index is 1150. The van der Waals surface area contributed by atoms with E-state index in [1.54, 1.807) is 48.5 Å². The van der Waals surface area contributed by atoms with Crippen molar-refractivity contribution in [3.05, 3.63) is 106 Å². The standard InChI is InChI=1S/C22H15BrI2O3S/c23-18-7-1-15(2-8-18)13-21(22(26)17-5-11-20(25)12-6-17)29(27,28)14-16-3-9-19(24)10-4-16/h1-13H,14H2/b21-13+. The number of hydrogen-bond donors (Lipinski definition) is 0. The van der Waals surface area contributed by atoms with Crippen LogP contribution < -0.4 is 0 Å². The molecule has 0 aliphatic rings. The monoisotopic (exact) mass is 692 g/mol. The second kappa shape index (κ2) is 9.84. The SMILES string of the molecule is O=C(/C(=C\c1ccc(Br)cc1)S(=O)(=O)Cc1ccc(I)cc1)c1ccc(I)cc1. The predicted octanol–water partition coefficient (Wildman–Crippen LogP) is 6.50. The molecule has 0 heterocycles. The first-order chi connectivity index (χ1) is 13.7. The summed E-state index contributed by atoms with van der Waals surface area (Å²) in [6, 6.07) is 21.3. The van der Waals surface area contributed by atoms with Crippen LogP contribution in [0.25, 0.3) is 6.08 Å². The molecule has 0 aromatic heterocycles. The molecule has 29 heavy (non-hydrogen) atoms. The molecule has 3 nitrogen and oxygen atoms in total. The number of carbonyl (C=O) groups is 1. The second-order valence-corrected chi connectivity index (χ2v) is 11.6. The highest BCUT2D eigenvalue weighted by Gasteiger charge is 2.26. The lowest BCUT2D eigenvalue weighted by Crippen LogP contribution is -2.16. The van der Waals surface area contributed by atoms with E-state index in [9.17, 15) is 13.2 Å². The molecule has 7 heteroatoms. The summed E-state index contributed by atoms with van der Waals surface area (Å²) < 4.78 is 29.3. The summed E-state index contributed by atoms with van der Waals surface area (Å²) in [6.45, 7) is 0. The van der Waals surface area contributed by atoms with Crippen molar-refractivity contribution >= 4 is 82.8 Å². The number of halogens is 3. The van der Waals surface area contributed by atoms with Crippen molar-refractivity contribution in [3.63, 3.8) is 0 Å². The van der Waals surface area contributed by atoms with E-state index in [4.69, 9.17) is 0 Å². The Morgan fingerprint density at radius 1 is 0.828 bits per heavy atom. The first-order valence-corrected chi connectivity index (χ1v) is 13.1. The molecule has 0 saturated carbocycles. The van der Waals surface area contributed by atoms with Crippen LogP contribution in [0.15, 0.2) is 82.2 Å². The van der Waals surface area contributed by atoms with Gasteiger partial charge in [-0.3, -0.25) is 4.79 Å². The van der Waals surface area contributed by atoms with E-state index < -0.39 is 15.6 Å². The van der Waals surface area contributed by atoms with Gasteiger partial charge in [0.25, 0.3) is 0 Å². The van der Waals surface area contributed by atoms with Crippen molar-refractivity contribution in [1.82, 2.24) is 0 Å². The van der Waals surface area contributed by atoms with Gasteiger partial charge in [0.05, 0.1) is 5.75 Å². The average Bonchev–Trinajstić information content (AvgIpc) is 2.69. The Labute approximate surface area is 205 Å². The Balaban J connectivity index is 2.05. The van der Waals surface area contributed by atoms with Crippen molar-refractivity contribution in [2.24, 2.45) is 0 Å². The summed E-state index contributed by atoms with van der Waals surface area (Å²) in [4.78, 5) is 12.9. The molecule has 0 fully saturated rings. The van der Waals surface area contributed by atoms with E-state index in [1.165, 1.54) is 6.08 Å². The van der Waals surface area contributed by atoms with Crippen LogP contribution in [-0.4, -0.2) is 14.2 Å². The first-order valence-electron chi connectivity index (χ1n) is 8.49. The van der Waals surface area contributed by atoms with Crippen molar-refractivity contribution < 1.29 is 13.2 Å². The Kier molecular flexibility index (Phi) is 7.69. The summed E-state index contributed by atoms with van der Waals surface area (Å²) in [7, 11) is -3.86. The van der Waals surface area contributed by atoms with E-state index in [0.29, 0.717) is 16.7 Å². The third kappa shape index (κ3) is 6.22. The van der Waals surface area contributed by atoms with Gasteiger partial charge in [-0.05, 0) is 111 Å². The number of rotatable bonds is 6. The van der Waals surface area contributed by atoms with Gasteiger partial charge >= 0.3 is 0 Å². The fourth-order valence-electron chi connectivity index (χ4n) is 2.63. The minimum absolute atomic E-state index is 0.209. The van der Waals surface area contributed by atoms with Gasteiger partial charge in [0.1, 0.15) is 4.91 Å². The van der Waals surface area contributed by atoms with Crippen LogP contribution in [0.4, 0.5) is 0 Å². The molecule has 0 atom stereocenters. The lowest BCUT2D eigenvalue weighted by atomic mass is 10.1. The van der Waals surface area contributed by atoms with Crippen LogP contribution in [0.5, 0.6) is 0 Å². The molecular formula is C22H15BrI2O3S. The minimum Gasteiger partial charge on any atom is -0.288 e. The summed E-state index contributed by atoms with van der Waals surface area (Å²) in [6.07, 6.45) is 1.45. The molecule has 0 radical (unpaired) electrons. The number of Topliss-reactive ketones (excluding diaryl/α,β-unsaturated/α-hetero) is 1. The summed E-state index contributed by atoms with van der Waals surface area (Å²) in [5, 5.41) is 0. The molecule has 0 aliphatic heterocycles. The van der Waals surface area contributed by atoms with Crippen LogP contribution in [-0.2, 0) is 15.6 Å². The molecule has 0 amide bonds. The third-order valence-corrected chi connectivity index (χ3v) is 7.76. The molecule has 3 rings (SSSR count). The van der Waals surface area contributed by atoms with Gasteiger partial charge in [-0.1, -0.05) is 40.2 Å². The maximum Gasteiger partial charge on any atom is 0.204 e.